The van der Waals surface area contributed by atoms with Crippen LogP contribution >= 0.6 is 0 Å². The minimum absolute atomic E-state index is 0.125. The van der Waals surface area contributed by atoms with Crippen LogP contribution in [0.1, 0.15) is 11.5 Å². The van der Waals surface area contributed by atoms with Gasteiger partial charge in [0.1, 0.15) is 0 Å². The van der Waals surface area contributed by atoms with Gasteiger partial charge in [0, 0.05) is 19.6 Å². The molecular weight excluding hydrogens is 262 g/mol. The molecule has 19 heavy (non-hydrogen) atoms. The summed E-state index contributed by atoms with van der Waals surface area (Å²) in [6.45, 7) is 1.66. The van der Waals surface area contributed by atoms with Crippen LogP contribution in [0, 0.1) is 5.41 Å². The molecule has 0 amide bonds. The number of nitrogens with two attached hydrogens (primary N) is 1. The van der Waals surface area contributed by atoms with Crippen LogP contribution in [-0.2, 0) is 9.84 Å². The van der Waals surface area contributed by atoms with Crippen molar-refractivity contribution >= 4 is 15.7 Å². The van der Waals surface area contributed by atoms with E-state index in [0.29, 0.717) is 19.6 Å². The average molecular weight is 281 g/mol. The largest absolute Gasteiger partial charge is 0.387 e. The molecule has 1 aliphatic heterocycles. The summed E-state index contributed by atoms with van der Waals surface area (Å²) in [5, 5.41) is 7.72. The van der Waals surface area contributed by atoms with Crippen molar-refractivity contribution in [1.82, 2.24) is 4.90 Å². The topological polar surface area (TPSA) is 87.2 Å². The molecule has 6 heteroatoms. The van der Waals surface area contributed by atoms with Crippen molar-refractivity contribution in [2.75, 3.05) is 31.1 Å². The van der Waals surface area contributed by atoms with Gasteiger partial charge in [0.25, 0.3) is 0 Å². The highest BCUT2D eigenvalue weighted by Crippen LogP contribution is 2.18. The number of benzene rings is 1. The SMILES string of the molecule is N=C(N)C(CN1CCS(=O)(=O)CC1)c1ccccc1. The van der Waals surface area contributed by atoms with Crippen LogP contribution < -0.4 is 5.73 Å². The highest BCUT2D eigenvalue weighted by atomic mass is 32.2. The number of hydrogen-bond acceptors (Lipinski definition) is 4. The van der Waals surface area contributed by atoms with E-state index in [4.69, 9.17) is 11.1 Å². The Hall–Kier alpha value is -1.40. The summed E-state index contributed by atoms with van der Waals surface area (Å²) in [6, 6.07) is 9.67. The summed E-state index contributed by atoms with van der Waals surface area (Å²) in [6.07, 6.45) is 0. The van der Waals surface area contributed by atoms with E-state index in [1.54, 1.807) is 0 Å². The van der Waals surface area contributed by atoms with Crippen LogP contribution in [0.3, 0.4) is 0 Å². The van der Waals surface area contributed by atoms with Crippen LogP contribution in [0.2, 0.25) is 0 Å². The van der Waals surface area contributed by atoms with Gasteiger partial charge in [0.05, 0.1) is 23.3 Å². The first kappa shape index (κ1) is 14.0. The van der Waals surface area contributed by atoms with Crippen molar-refractivity contribution in [2.24, 2.45) is 5.73 Å². The number of amidine groups is 1. The number of nitrogens with zero attached hydrogens (tertiary/aromatic N) is 1. The summed E-state index contributed by atoms with van der Waals surface area (Å²) in [5.41, 5.74) is 6.68. The summed E-state index contributed by atoms with van der Waals surface area (Å²) in [4.78, 5) is 2.07. The monoisotopic (exact) mass is 281 g/mol. The van der Waals surface area contributed by atoms with Crippen LogP contribution in [0.5, 0.6) is 0 Å². The van der Waals surface area contributed by atoms with Crippen LogP contribution in [0.15, 0.2) is 30.3 Å². The zero-order chi connectivity index (χ0) is 13.9. The lowest BCUT2D eigenvalue weighted by Crippen LogP contribution is -2.44. The van der Waals surface area contributed by atoms with E-state index in [9.17, 15) is 8.42 Å². The maximum absolute atomic E-state index is 11.4. The van der Waals surface area contributed by atoms with Crippen LogP contribution in [-0.4, -0.2) is 50.3 Å². The zero-order valence-electron chi connectivity index (χ0n) is 10.7. The van der Waals surface area contributed by atoms with Gasteiger partial charge in [-0.2, -0.15) is 0 Å². The normalized spacial score (nSPS) is 20.8. The summed E-state index contributed by atoms with van der Waals surface area (Å²) >= 11 is 0. The smallest absolute Gasteiger partial charge is 0.152 e. The molecule has 0 spiro atoms. The quantitative estimate of drug-likeness (QED) is 0.619. The van der Waals surface area contributed by atoms with Gasteiger partial charge in [-0.15, -0.1) is 0 Å². The Labute approximate surface area is 113 Å². The molecule has 2 rings (SSSR count). The molecule has 0 saturated carbocycles. The summed E-state index contributed by atoms with van der Waals surface area (Å²) in [5.74, 6) is 0.361. The fourth-order valence-electron chi connectivity index (χ4n) is 2.26. The molecule has 1 saturated heterocycles. The van der Waals surface area contributed by atoms with Crippen molar-refractivity contribution in [3.63, 3.8) is 0 Å². The van der Waals surface area contributed by atoms with E-state index in [2.05, 4.69) is 4.90 Å². The molecule has 0 radical (unpaired) electrons. The first-order valence-electron chi connectivity index (χ1n) is 6.29. The molecular formula is C13H19N3O2S. The number of hydrogen-bond donors (Lipinski definition) is 2. The lowest BCUT2D eigenvalue weighted by atomic mass is 9.97. The van der Waals surface area contributed by atoms with Crippen molar-refractivity contribution in [3.8, 4) is 0 Å². The number of sulfone groups is 1. The third-order valence-electron chi connectivity index (χ3n) is 3.46. The Morgan fingerprint density at radius 1 is 1.26 bits per heavy atom. The van der Waals surface area contributed by atoms with Gasteiger partial charge in [-0.05, 0) is 5.56 Å². The maximum Gasteiger partial charge on any atom is 0.152 e. The van der Waals surface area contributed by atoms with Gasteiger partial charge in [-0.3, -0.25) is 5.41 Å². The van der Waals surface area contributed by atoms with Crippen molar-refractivity contribution in [3.05, 3.63) is 35.9 Å². The summed E-state index contributed by atoms with van der Waals surface area (Å²) < 4.78 is 22.8. The second-order valence-electron chi connectivity index (χ2n) is 4.87. The molecule has 0 aliphatic carbocycles. The zero-order valence-corrected chi connectivity index (χ0v) is 11.6. The molecule has 1 aromatic rings. The molecule has 1 aliphatic rings. The minimum atomic E-state index is -2.86. The minimum Gasteiger partial charge on any atom is -0.387 e. The second-order valence-corrected chi connectivity index (χ2v) is 7.17. The first-order chi connectivity index (χ1) is 8.98. The van der Waals surface area contributed by atoms with Crippen molar-refractivity contribution in [1.29, 1.82) is 5.41 Å². The highest BCUT2D eigenvalue weighted by Gasteiger charge is 2.25. The molecule has 1 unspecified atom stereocenters. The van der Waals surface area contributed by atoms with E-state index in [0.717, 1.165) is 5.56 Å². The Kier molecular flexibility index (Phi) is 4.21. The van der Waals surface area contributed by atoms with Gasteiger partial charge >= 0.3 is 0 Å². The van der Waals surface area contributed by atoms with Crippen molar-refractivity contribution < 1.29 is 8.42 Å². The molecule has 5 nitrogen and oxygen atoms in total. The Bertz CT molecular complexity index is 528. The summed E-state index contributed by atoms with van der Waals surface area (Å²) in [7, 11) is -2.86. The fourth-order valence-corrected chi connectivity index (χ4v) is 3.54. The Morgan fingerprint density at radius 3 is 2.37 bits per heavy atom. The number of nitrogens with one attached hydrogen (secondary N) is 1. The molecule has 1 heterocycles. The van der Waals surface area contributed by atoms with Crippen LogP contribution in [0.4, 0.5) is 0 Å². The predicted molar refractivity (Wildman–Crippen MR) is 76.2 cm³/mol. The molecule has 1 aromatic carbocycles. The molecule has 0 bridgehead atoms. The fraction of sp³-hybridized carbons (Fsp3) is 0.462. The third-order valence-corrected chi connectivity index (χ3v) is 5.06. The van der Waals surface area contributed by atoms with Gasteiger partial charge in [0.2, 0.25) is 0 Å². The van der Waals surface area contributed by atoms with E-state index >= 15 is 0 Å². The van der Waals surface area contributed by atoms with E-state index in [1.165, 1.54) is 0 Å². The lowest BCUT2D eigenvalue weighted by Gasteiger charge is -2.30. The van der Waals surface area contributed by atoms with E-state index in [1.807, 2.05) is 30.3 Å². The molecule has 3 N–H and O–H groups in total. The molecule has 0 aromatic heterocycles. The molecule has 1 fully saturated rings. The van der Waals surface area contributed by atoms with Crippen LogP contribution in [0.25, 0.3) is 0 Å². The molecule has 104 valence electrons. The van der Waals surface area contributed by atoms with E-state index in [-0.39, 0.29) is 23.3 Å². The first-order valence-corrected chi connectivity index (χ1v) is 8.12. The predicted octanol–water partition coefficient (Wildman–Crippen LogP) is 0.437. The third kappa shape index (κ3) is 3.78. The number of rotatable bonds is 4. The van der Waals surface area contributed by atoms with Gasteiger partial charge in [-0.1, -0.05) is 30.3 Å². The Balaban J connectivity index is 2.05. The van der Waals surface area contributed by atoms with Crippen molar-refractivity contribution in [2.45, 2.75) is 5.92 Å². The highest BCUT2D eigenvalue weighted by molar-refractivity contribution is 7.91. The Morgan fingerprint density at radius 2 is 1.84 bits per heavy atom. The van der Waals surface area contributed by atoms with E-state index < -0.39 is 9.84 Å². The maximum atomic E-state index is 11.4. The van der Waals surface area contributed by atoms with Gasteiger partial charge in [0.15, 0.2) is 9.84 Å². The standard InChI is InChI=1S/C13H19N3O2S/c14-13(15)12(11-4-2-1-3-5-11)10-16-6-8-19(17,18)9-7-16/h1-5,12H,6-10H2,(H3,14,15). The second kappa shape index (κ2) is 5.71. The lowest BCUT2D eigenvalue weighted by molar-refractivity contribution is 0.292. The average Bonchev–Trinajstić information content (AvgIpc) is 2.38. The van der Waals surface area contributed by atoms with Gasteiger partial charge in [-0.25, -0.2) is 8.42 Å². The van der Waals surface area contributed by atoms with Gasteiger partial charge < -0.3 is 10.6 Å². The molecule has 1 atom stereocenters.